The smallest absolute Gasteiger partial charge is 0.233 e. The zero-order valence-electron chi connectivity index (χ0n) is 17.3. The van der Waals surface area contributed by atoms with Crippen molar-refractivity contribution in [1.29, 1.82) is 0 Å². The molecule has 0 radical (unpaired) electrons. The van der Waals surface area contributed by atoms with Crippen LogP contribution in [0, 0.1) is 6.92 Å². The van der Waals surface area contributed by atoms with Gasteiger partial charge in [0.25, 0.3) is 0 Å². The van der Waals surface area contributed by atoms with Crippen molar-refractivity contribution in [3.63, 3.8) is 0 Å². The van der Waals surface area contributed by atoms with Crippen LogP contribution in [0.1, 0.15) is 64.4 Å². The molecule has 1 aromatic carbocycles. The average molecular weight is 401 g/mol. The van der Waals surface area contributed by atoms with Crippen LogP contribution >= 0.6 is 11.8 Å². The van der Waals surface area contributed by atoms with E-state index in [1.165, 1.54) is 43.0 Å². The van der Waals surface area contributed by atoms with Gasteiger partial charge in [0.15, 0.2) is 11.0 Å². The second-order valence-electron chi connectivity index (χ2n) is 7.78. The Labute approximate surface area is 172 Å². The predicted molar refractivity (Wildman–Crippen MR) is 115 cm³/mol. The summed E-state index contributed by atoms with van der Waals surface area (Å²) in [6.45, 7) is 7.04. The van der Waals surface area contributed by atoms with Crippen molar-refractivity contribution in [3.05, 3.63) is 29.8 Å². The number of amides is 1. The molecular formula is C22H32N4OS. The van der Waals surface area contributed by atoms with E-state index in [9.17, 15) is 4.79 Å². The largest absolute Gasteiger partial charge is 0.352 e. The Hall–Kier alpha value is -1.82. The highest BCUT2D eigenvalue weighted by atomic mass is 32.2. The molecule has 5 nitrogen and oxygen atoms in total. The molecule has 1 atom stereocenters. The number of nitrogens with one attached hydrogen (secondary N) is 1. The molecule has 1 unspecified atom stereocenters. The summed E-state index contributed by atoms with van der Waals surface area (Å²) in [4.78, 5) is 12.7. The number of nitrogens with zero attached hydrogens (tertiary/aromatic N) is 3. The molecular weight excluding hydrogens is 368 g/mol. The molecule has 0 bridgehead atoms. The van der Waals surface area contributed by atoms with E-state index in [0.29, 0.717) is 6.04 Å². The Balaban J connectivity index is 1.71. The van der Waals surface area contributed by atoms with Gasteiger partial charge in [-0.1, -0.05) is 68.1 Å². The lowest BCUT2D eigenvalue weighted by Crippen LogP contribution is -2.39. The monoisotopic (exact) mass is 400 g/mol. The number of rotatable bonds is 7. The normalized spacial score (nSPS) is 16.5. The fraction of sp³-hybridized carbons (Fsp3) is 0.591. The van der Waals surface area contributed by atoms with Gasteiger partial charge in [0.2, 0.25) is 5.91 Å². The molecule has 1 aromatic heterocycles. The van der Waals surface area contributed by atoms with E-state index in [0.717, 1.165) is 42.4 Å². The first-order valence-electron chi connectivity index (χ1n) is 10.6. The third-order valence-electron chi connectivity index (χ3n) is 5.29. The van der Waals surface area contributed by atoms with Crippen LogP contribution < -0.4 is 5.32 Å². The summed E-state index contributed by atoms with van der Waals surface area (Å²) < 4.78 is 2.15. The van der Waals surface area contributed by atoms with Gasteiger partial charge < -0.3 is 9.88 Å². The second kappa shape index (κ2) is 10.1. The van der Waals surface area contributed by atoms with E-state index in [1.54, 1.807) is 0 Å². The highest BCUT2D eigenvalue weighted by Crippen LogP contribution is 2.28. The maximum absolute atomic E-state index is 12.7. The number of hydrogen-bond acceptors (Lipinski definition) is 4. The summed E-state index contributed by atoms with van der Waals surface area (Å²) in [5, 5.41) is 12.8. The first-order chi connectivity index (χ1) is 13.6. The fourth-order valence-electron chi connectivity index (χ4n) is 3.75. The standard InChI is InChI=1S/C22H32N4OS/c1-4-14-26-20(18-11-9-10-16(2)15-18)24-25-22(26)28-17(3)21(27)23-19-12-7-5-6-8-13-19/h9-11,15,17,19H,4-8,12-14H2,1-3H3,(H,23,27). The Morgan fingerprint density at radius 3 is 2.68 bits per heavy atom. The number of carbonyl (C=O) groups is 1. The van der Waals surface area contributed by atoms with Gasteiger partial charge in [-0.2, -0.15) is 0 Å². The van der Waals surface area contributed by atoms with Crippen molar-refractivity contribution >= 4 is 17.7 Å². The van der Waals surface area contributed by atoms with Crippen LogP contribution in [0.2, 0.25) is 0 Å². The maximum Gasteiger partial charge on any atom is 0.233 e. The van der Waals surface area contributed by atoms with Gasteiger partial charge in [-0.25, -0.2) is 0 Å². The minimum atomic E-state index is -0.187. The number of carbonyl (C=O) groups excluding carboxylic acids is 1. The molecule has 1 heterocycles. The van der Waals surface area contributed by atoms with Crippen LogP contribution in [0.3, 0.4) is 0 Å². The van der Waals surface area contributed by atoms with Gasteiger partial charge in [-0.15, -0.1) is 10.2 Å². The van der Waals surface area contributed by atoms with Crippen LogP contribution in [0.25, 0.3) is 11.4 Å². The molecule has 1 aliphatic carbocycles. The lowest BCUT2D eigenvalue weighted by Gasteiger charge is -2.19. The highest BCUT2D eigenvalue weighted by molar-refractivity contribution is 8.00. The molecule has 0 aliphatic heterocycles. The molecule has 6 heteroatoms. The van der Waals surface area contributed by atoms with Gasteiger partial charge in [0, 0.05) is 18.2 Å². The fourth-order valence-corrected chi connectivity index (χ4v) is 4.64. The van der Waals surface area contributed by atoms with Gasteiger partial charge in [0.1, 0.15) is 0 Å². The summed E-state index contributed by atoms with van der Waals surface area (Å²) in [7, 11) is 0. The van der Waals surface area contributed by atoms with E-state index in [4.69, 9.17) is 0 Å². The van der Waals surface area contributed by atoms with Crippen LogP contribution in [-0.2, 0) is 11.3 Å². The quantitative estimate of drug-likeness (QED) is 0.526. The molecule has 28 heavy (non-hydrogen) atoms. The predicted octanol–water partition coefficient (Wildman–Crippen LogP) is 4.98. The second-order valence-corrected chi connectivity index (χ2v) is 9.09. The number of aryl methyl sites for hydroxylation is 1. The Morgan fingerprint density at radius 2 is 2.00 bits per heavy atom. The lowest BCUT2D eigenvalue weighted by atomic mass is 10.1. The molecule has 1 N–H and O–H groups in total. The van der Waals surface area contributed by atoms with Crippen molar-refractivity contribution in [2.45, 2.75) is 88.7 Å². The van der Waals surface area contributed by atoms with Crippen molar-refractivity contribution < 1.29 is 4.79 Å². The SMILES string of the molecule is CCCn1c(SC(C)C(=O)NC2CCCCCC2)nnc1-c1cccc(C)c1. The first kappa shape index (κ1) is 20.9. The summed E-state index contributed by atoms with van der Waals surface area (Å²) in [5.41, 5.74) is 2.28. The minimum absolute atomic E-state index is 0.111. The molecule has 3 rings (SSSR count). The highest BCUT2D eigenvalue weighted by Gasteiger charge is 2.23. The van der Waals surface area contributed by atoms with Crippen molar-refractivity contribution in [1.82, 2.24) is 20.1 Å². The molecule has 0 spiro atoms. The first-order valence-corrected chi connectivity index (χ1v) is 11.4. The van der Waals surface area contributed by atoms with Crippen LogP contribution in [0.15, 0.2) is 29.4 Å². The number of benzene rings is 1. The molecule has 1 fully saturated rings. The zero-order valence-corrected chi connectivity index (χ0v) is 18.1. The number of hydrogen-bond donors (Lipinski definition) is 1. The van der Waals surface area contributed by atoms with E-state index >= 15 is 0 Å². The summed E-state index contributed by atoms with van der Waals surface area (Å²) in [6, 6.07) is 8.66. The topological polar surface area (TPSA) is 59.8 Å². The maximum atomic E-state index is 12.7. The lowest BCUT2D eigenvalue weighted by molar-refractivity contribution is -0.121. The van der Waals surface area contributed by atoms with Crippen molar-refractivity contribution in [2.24, 2.45) is 0 Å². The van der Waals surface area contributed by atoms with Crippen LogP contribution in [0.4, 0.5) is 0 Å². The molecule has 0 saturated heterocycles. The van der Waals surface area contributed by atoms with Crippen LogP contribution in [0.5, 0.6) is 0 Å². The van der Waals surface area contributed by atoms with Gasteiger partial charge in [0.05, 0.1) is 5.25 Å². The molecule has 1 amide bonds. The molecule has 1 aliphatic rings. The molecule has 152 valence electrons. The third-order valence-corrected chi connectivity index (χ3v) is 6.37. The summed E-state index contributed by atoms with van der Waals surface area (Å²) in [5.74, 6) is 0.990. The van der Waals surface area contributed by atoms with Gasteiger partial charge >= 0.3 is 0 Å². The minimum Gasteiger partial charge on any atom is -0.352 e. The van der Waals surface area contributed by atoms with Crippen molar-refractivity contribution in [2.75, 3.05) is 0 Å². The summed E-state index contributed by atoms with van der Waals surface area (Å²) >= 11 is 1.51. The van der Waals surface area contributed by atoms with E-state index in [1.807, 2.05) is 13.0 Å². The zero-order chi connectivity index (χ0) is 19.9. The van der Waals surface area contributed by atoms with Gasteiger partial charge in [-0.05, 0) is 39.2 Å². The molecule has 2 aromatic rings. The Bertz CT molecular complexity index is 781. The average Bonchev–Trinajstić information content (AvgIpc) is 2.88. The Morgan fingerprint density at radius 1 is 1.25 bits per heavy atom. The van der Waals surface area contributed by atoms with E-state index in [2.05, 4.69) is 52.1 Å². The van der Waals surface area contributed by atoms with Gasteiger partial charge in [-0.3, -0.25) is 4.79 Å². The van der Waals surface area contributed by atoms with Crippen LogP contribution in [-0.4, -0.2) is 32.0 Å². The van der Waals surface area contributed by atoms with E-state index in [-0.39, 0.29) is 11.2 Å². The number of thioether (sulfide) groups is 1. The number of aromatic nitrogens is 3. The Kier molecular flexibility index (Phi) is 7.54. The van der Waals surface area contributed by atoms with E-state index < -0.39 is 0 Å². The molecule has 1 saturated carbocycles. The third kappa shape index (κ3) is 5.37. The van der Waals surface area contributed by atoms with Crippen molar-refractivity contribution in [3.8, 4) is 11.4 Å². The summed E-state index contributed by atoms with van der Waals surface area (Å²) in [6.07, 6.45) is 8.22.